The van der Waals surface area contributed by atoms with Crippen LogP contribution in [0, 0.1) is 11.8 Å². The van der Waals surface area contributed by atoms with Gasteiger partial charge in [0, 0.05) is 43.5 Å². The molecule has 2 amide bonds. The molecule has 2 aliphatic rings. The van der Waals surface area contributed by atoms with Crippen molar-refractivity contribution >= 4 is 18.3 Å². The number of rotatable bonds is 11. The van der Waals surface area contributed by atoms with Gasteiger partial charge in [0.1, 0.15) is 24.7 Å². The summed E-state index contributed by atoms with van der Waals surface area (Å²) in [6.45, 7) is 3.49. The lowest BCUT2D eigenvalue weighted by atomic mass is 9.85. The van der Waals surface area contributed by atoms with Gasteiger partial charge in [-0.2, -0.15) is 0 Å². The molecule has 0 aliphatic carbocycles. The van der Waals surface area contributed by atoms with E-state index in [9.17, 15) is 14.4 Å². The van der Waals surface area contributed by atoms with Crippen molar-refractivity contribution in [1.29, 1.82) is 0 Å². The first-order valence-corrected chi connectivity index (χ1v) is 14.3. The molecule has 42 heavy (non-hydrogen) atoms. The SMILES string of the molecule is CN1CC2COCC(C1)C2OC(=O)NC(c1ccccc1)c1cccc(OCc2ccc(C(=O)NCCC=O)cc2)c1. The molecular weight excluding hydrogens is 534 g/mol. The number of nitrogens with one attached hydrogen (secondary N) is 2. The highest BCUT2D eigenvalue weighted by Gasteiger charge is 2.42. The Labute approximate surface area is 246 Å². The molecular formula is C33H37N3O6. The van der Waals surface area contributed by atoms with E-state index in [-0.39, 0.29) is 30.3 Å². The van der Waals surface area contributed by atoms with Crippen LogP contribution in [0.15, 0.2) is 78.9 Å². The van der Waals surface area contributed by atoms with Gasteiger partial charge in [-0.1, -0.05) is 54.6 Å². The highest BCUT2D eigenvalue weighted by Crippen LogP contribution is 2.31. The van der Waals surface area contributed by atoms with E-state index in [1.165, 1.54) is 0 Å². The second kappa shape index (κ2) is 14.1. The van der Waals surface area contributed by atoms with Crippen LogP contribution in [0.2, 0.25) is 0 Å². The number of likely N-dealkylation sites (tertiary alicyclic amines) is 1. The van der Waals surface area contributed by atoms with Crippen LogP contribution in [0.25, 0.3) is 0 Å². The number of ether oxygens (including phenoxy) is 3. The minimum Gasteiger partial charge on any atom is -0.489 e. The first-order chi connectivity index (χ1) is 20.5. The Morgan fingerprint density at radius 3 is 2.40 bits per heavy atom. The first-order valence-electron chi connectivity index (χ1n) is 14.3. The van der Waals surface area contributed by atoms with Crippen LogP contribution in [0.5, 0.6) is 5.75 Å². The van der Waals surface area contributed by atoms with Gasteiger partial charge >= 0.3 is 6.09 Å². The number of benzene rings is 3. The normalized spacial score (nSPS) is 20.6. The van der Waals surface area contributed by atoms with E-state index in [1.807, 2.05) is 66.7 Å². The smallest absolute Gasteiger partial charge is 0.408 e. The largest absolute Gasteiger partial charge is 0.489 e. The van der Waals surface area contributed by atoms with Crippen molar-refractivity contribution in [3.63, 3.8) is 0 Å². The number of hydrogen-bond donors (Lipinski definition) is 2. The molecule has 3 aromatic carbocycles. The van der Waals surface area contributed by atoms with E-state index >= 15 is 0 Å². The number of nitrogens with zero attached hydrogens (tertiary/aromatic N) is 1. The van der Waals surface area contributed by atoms with E-state index < -0.39 is 12.1 Å². The molecule has 2 heterocycles. The van der Waals surface area contributed by atoms with E-state index in [1.54, 1.807) is 12.1 Å². The van der Waals surface area contributed by atoms with Crippen molar-refractivity contribution in [3.8, 4) is 5.75 Å². The summed E-state index contributed by atoms with van der Waals surface area (Å²) in [5.41, 5.74) is 3.22. The summed E-state index contributed by atoms with van der Waals surface area (Å²) in [6, 6.07) is 24.2. The highest BCUT2D eigenvalue weighted by atomic mass is 16.6. The molecule has 0 spiro atoms. The van der Waals surface area contributed by atoms with Gasteiger partial charge in [-0.15, -0.1) is 0 Å². The van der Waals surface area contributed by atoms with Crippen LogP contribution in [-0.4, -0.2) is 69.2 Å². The topological polar surface area (TPSA) is 106 Å². The van der Waals surface area contributed by atoms with Crippen molar-refractivity contribution in [1.82, 2.24) is 15.5 Å². The minimum absolute atomic E-state index is 0.158. The molecule has 3 unspecified atom stereocenters. The van der Waals surface area contributed by atoms with Crippen LogP contribution < -0.4 is 15.4 Å². The van der Waals surface area contributed by atoms with Crippen LogP contribution in [0.1, 0.15) is 39.5 Å². The molecule has 3 atom stereocenters. The first kappa shape index (κ1) is 29.3. The van der Waals surface area contributed by atoms with Gasteiger partial charge in [0.05, 0.1) is 19.3 Å². The Hall–Kier alpha value is -4.21. The number of hydrogen-bond acceptors (Lipinski definition) is 7. The van der Waals surface area contributed by atoms with Gasteiger partial charge in [0.25, 0.3) is 5.91 Å². The molecule has 0 saturated carbocycles. The average Bonchev–Trinajstić information content (AvgIpc) is 3.00. The monoisotopic (exact) mass is 571 g/mol. The van der Waals surface area contributed by atoms with Crippen LogP contribution in [-0.2, 0) is 20.9 Å². The number of piperidine rings is 1. The number of carbonyl (C=O) groups excluding carboxylic acids is 3. The maximum absolute atomic E-state index is 13.3. The quantitative estimate of drug-likeness (QED) is 0.265. The Morgan fingerprint density at radius 2 is 1.69 bits per heavy atom. The van der Waals surface area contributed by atoms with Crippen LogP contribution in [0.3, 0.4) is 0 Å². The number of amides is 2. The van der Waals surface area contributed by atoms with Gasteiger partial charge in [0.2, 0.25) is 0 Å². The van der Waals surface area contributed by atoms with Crippen LogP contribution in [0.4, 0.5) is 4.79 Å². The summed E-state index contributed by atoms with van der Waals surface area (Å²) in [5, 5.41) is 5.81. The van der Waals surface area contributed by atoms with Gasteiger partial charge in [0.15, 0.2) is 0 Å². The molecule has 2 bridgehead atoms. The predicted molar refractivity (Wildman–Crippen MR) is 157 cm³/mol. The molecule has 2 N–H and O–H groups in total. The van der Waals surface area contributed by atoms with Crippen molar-refractivity contribution in [2.45, 2.75) is 25.2 Å². The molecule has 5 rings (SSSR count). The van der Waals surface area contributed by atoms with Crippen molar-refractivity contribution in [2.24, 2.45) is 11.8 Å². The fraction of sp³-hybridized carbons (Fsp3) is 0.364. The summed E-state index contributed by atoms with van der Waals surface area (Å²) in [5.74, 6) is 0.751. The molecule has 2 aliphatic heterocycles. The molecule has 220 valence electrons. The van der Waals surface area contributed by atoms with E-state index in [4.69, 9.17) is 14.2 Å². The average molecular weight is 572 g/mol. The fourth-order valence-electron chi connectivity index (χ4n) is 5.66. The number of aldehydes is 1. The summed E-state index contributed by atoms with van der Waals surface area (Å²) in [7, 11) is 2.09. The second-order valence-corrected chi connectivity index (χ2v) is 10.9. The maximum Gasteiger partial charge on any atom is 0.408 e. The van der Waals surface area contributed by atoms with Crippen molar-refractivity contribution in [2.75, 3.05) is 39.9 Å². The summed E-state index contributed by atoms with van der Waals surface area (Å²) in [4.78, 5) is 38.2. The van der Waals surface area contributed by atoms with E-state index in [0.717, 1.165) is 36.1 Å². The zero-order valence-corrected chi connectivity index (χ0v) is 23.7. The third-order valence-corrected chi connectivity index (χ3v) is 7.68. The standard InChI is InChI=1S/C33H37N3O6/c1-36-18-27-21-40-22-28(19-36)31(27)42-33(39)35-30(24-7-3-2-4-8-24)26-9-5-10-29(17-26)41-20-23-11-13-25(14-12-23)32(38)34-15-6-16-37/h2-5,7-14,16-17,27-28,30-31H,6,15,18-22H2,1H3,(H,34,38)(H,35,39). The van der Waals surface area contributed by atoms with E-state index in [2.05, 4.69) is 22.6 Å². The second-order valence-electron chi connectivity index (χ2n) is 10.9. The van der Waals surface area contributed by atoms with Gasteiger partial charge in [-0.3, -0.25) is 4.79 Å². The van der Waals surface area contributed by atoms with Crippen molar-refractivity contribution in [3.05, 3.63) is 101 Å². The van der Waals surface area contributed by atoms with Gasteiger partial charge < -0.3 is 34.5 Å². The van der Waals surface area contributed by atoms with E-state index in [0.29, 0.717) is 37.7 Å². The summed E-state index contributed by atoms with van der Waals surface area (Å²) < 4.78 is 17.9. The lowest BCUT2D eigenvalue weighted by Gasteiger charge is -2.45. The number of carbonyl (C=O) groups is 3. The Morgan fingerprint density at radius 1 is 0.976 bits per heavy atom. The van der Waals surface area contributed by atoms with Crippen LogP contribution >= 0.6 is 0 Å². The fourth-order valence-corrected chi connectivity index (χ4v) is 5.66. The third-order valence-electron chi connectivity index (χ3n) is 7.68. The Bertz CT molecular complexity index is 1340. The Kier molecular flexibility index (Phi) is 9.84. The summed E-state index contributed by atoms with van der Waals surface area (Å²) in [6.07, 6.45) is 0.440. The zero-order valence-electron chi connectivity index (χ0n) is 23.7. The molecule has 9 nitrogen and oxygen atoms in total. The molecule has 2 saturated heterocycles. The zero-order chi connectivity index (χ0) is 29.3. The molecule has 9 heteroatoms. The minimum atomic E-state index is -0.447. The van der Waals surface area contributed by atoms with Gasteiger partial charge in [-0.25, -0.2) is 4.79 Å². The summed E-state index contributed by atoms with van der Waals surface area (Å²) >= 11 is 0. The molecule has 2 fully saturated rings. The highest BCUT2D eigenvalue weighted by molar-refractivity contribution is 5.94. The van der Waals surface area contributed by atoms with Crippen molar-refractivity contribution < 1.29 is 28.6 Å². The molecule has 0 aromatic heterocycles. The number of alkyl carbamates (subject to hydrolysis) is 1. The maximum atomic E-state index is 13.3. The number of fused-ring (bicyclic) bond motifs is 2. The lowest BCUT2D eigenvalue weighted by molar-refractivity contribution is -0.121. The third kappa shape index (κ3) is 7.54. The molecule has 0 radical (unpaired) electrons. The Balaban J connectivity index is 1.24. The molecule has 3 aromatic rings. The van der Waals surface area contributed by atoms with Gasteiger partial charge in [-0.05, 0) is 48.0 Å². The predicted octanol–water partition coefficient (Wildman–Crippen LogP) is 3.98. The lowest BCUT2D eigenvalue weighted by Crippen LogP contribution is -2.56.